The molecule has 2 heterocycles. The molecule has 1 atom stereocenters. The van der Waals surface area contributed by atoms with Crippen LogP contribution in [0.4, 0.5) is 0 Å². The summed E-state index contributed by atoms with van der Waals surface area (Å²) in [6, 6.07) is 10.5. The molecule has 2 aliphatic rings. The van der Waals surface area contributed by atoms with E-state index in [1.54, 1.807) is 4.90 Å². The Morgan fingerprint density at radius 1 is 1.26 bits per heavy atom. The number of nitrogens with one attached hydrogen (secondary N) is 1. The van der Waals surface area contributed by atoms with Gasteiger partial charge in [0.15, 0.2) is 0 Å². The fourth-order valence-corrected chi connectivity index (χ4v) is 3.95. The van der Waals surface area contributed by atoms with Crippen molar-refractivity contribution in [1.82, 2.24) is 15.1 Å². The summed E-state index contributed by atoms with van der Waals surface area (Å²) in [5.74, 6) is -0.235. The van der Waals surface area contributed by atoms with Crippen molar-refractivity contribution in [2.24, 2.45) is 0 Å². The lowest BCUT2D eigenvalue weighted by Gasteiger charge is -2.33. The van der Waals surface area contributed by atoms with Crippen molar-refractivity contribution in [1.29, 1.82) is 0 Å². The van der Waals surface area contributed by atoms with Gasteiger partial charge >= 0.3 is 0 Å². The normalized spacial score (nSPS) is 23.0. The number of rotatable bonds is 6. The van der Waals surface area contributed by atoms with E-state index in [2.05, 4.69) is 47.1 Å². The second-order valence-electron chi connectivity index (χ2n) is 7.59. The summed E-state index contributed by atoms with van der Waals surface area (Å²) in [4.78, 5) is 28.9. The van der Waals surface area contributed by atoms with E-state index in [0.717, 1.165) is 32.5 Å². The molecular weight excluding hydrogens is 338 g/mol. The number of hydrogen-bond acceptors (Lipinski definition) is 3. The number of hydrogen-bond donors (Lipinski definition) is 1. The van der Waals surface area contributed by atoms with Gasteiger partial charge in [0.1, 0.15) is 5.54 Å². The second kappa shape index (κ2) is 8.53. The molecule has 0 spiro atoms. The summed E-state index contributed by atoms with van der Waals surface area (Å²) in [6.07, 6.45) is 6.01. The highest BCUT2D eigenvalue weighted by Crippen LogP contribution is 2.29. The van der Waals surface area contributed by atoms with Crippen LogP contribution in [0.25, 0.3) is 0 Å². The Morgan fingerprint density at radius 2 is 2.04 bits per heavy atom. The molecule has 1 fully saturated rings. The minimum atomic E-state index is -0.764. The smallest absolute Gasteiger partial charge is 0.246 e. The zero-order valence-electron chi connectivity index (χ0n) is 16.1. The van der Waals surface area contributed by atoms with Crippen LogP contribution in [0, 0.1) is 0 Å². The van der Waals surface area contributed by atoms with Gasteiger partial charge < -0.3 is 10.2 Å². The lowest BCUT2D eigenvalue weighted by molar-refractivity contribution is -0.140. The van der Waals surface area contributed by atoms with Gasteiger partial charge in [-0.2, -0.15) is 0 Å². The van der Waals surface area contributed by atoms with Gasteiger partial charge in [-0.25, -0.2) is 0 Å². The van der Waals surface area contributed by atoms with Crippen LogP contribution in [-0.2, 0) is 16.1 Å². The molecule has 1 unspecified atom stereocenters. The van der Waals surface area contributed by atoms with E-state index < -0.39 is 5.54 Å². The molecule has 144 valence electrons. The Labute approximate surface area is 161 Å². The quantitative estimate of drug-likeness (QED) is 0.621. The summed E-state index contributed by atoms with van der Waals surface area (Å²) < 4.78 is 0. The molecule has 2 amide bonds. The molecular formula is C22H29N3O2. The first kappa shape index (κ1) is 19.4. The second-order valence-corrected chi connectivity index (χ2v) is 7.59. The first-order valence-corrected chi connectivity index (χ1v) is 9.69. The Hall–Kier alpha value is -2.40. The number of carbonyl (C=O) groups is 2. The van der Waals surface area contributed by atoms with E-state index in [1.807, 2.05) is 13.0 Å². The summed E-state index contributed by atoms with van der Waals surface area (Å²) in [6.45, 7) is 9.43. The van der Waals surface area contributed by atoms with E-state index >= 15 is 0 Å². The van der Waals surface area contributed by atoms with Gasteiger partial charge in [-0.1, -0.05) is 48.6 Å². The number of carbonyl (C=O) groups excluding carboxylic acids is 2. The van der Waals surface area contributed by atoms with Gasteiger partial charge in [0, 0.05) is 32.7 Å². The maximum absolute atomic E-state index is 12.8. The molecule has 1 N–H and O–H groups in total. The van der Waals surface area contributed by atoms with E-state index in [0.29, 0.717) is 19.5 Å². The van der Waals surface area contributed by atoms with Crippen LogP contribution in [0.15, 0.2) is 54.6 Å². The van der Waals surface area contributed by atoms with E-state index in [1.165, 1.54) is 17.2 Å². The lowest BCUT2D eigenvalue weighted by Crippen LogP contribution is -2.55. The molecule has 3 rings (SSSR count). The number of nitrogens with zero attached hydrogens (tertiary/aromatic N) is 2. The minimum absolute atomic E-state index is 0.0668. The molecule has 1 aromatic carbocycles. The van der Waals surface area contributed by atoms with Crippen LogP contribution in [0.2, 0.25) is 0 Å². The van der Waals surface area contributed by atoms with Crippen molar-refractivity contribution < 1.29 is 9.59 Å². The standard InChI is InChI=1S/C22H29N3O2/c1-3-20(26)25-13-7-12-22(25,2)21(27)23-16-18-10-14-24(15-11-18)17-19-8-5-4-6-9-19/h3-6,8-10H,1,7,11-17H2,2H3,(H,23,27). The summed E-state index contributed by atoms with van der Waals surface area (Å²) in [5.41, 5.74) is 1.82. The molecule has 0 radical (unpaired) electrons. The van der Waals surface area contributed by atoms with Crippen molar-refractivity contribution in [2.45, 2.75) is 38.3 Å². The van der Waals surface area contributed by atoms with Gasteiger partial charge in [-0.15, -0.1) is 0 Å². The molecule has 2 aliphatic heterocycles. The monoisotopic (exact) mass is 367 g/mol. The third kappa shape index (κ3) is 4.48. The summed E-state index contributed by atoms with van der Waals surface area (Å²) >= 11 is 0. The molecule has 0 aliphatic carbocycles. The summed E-state index contributed by atoms with van der Waals surface area (Å²) in [5, 5.41) is 3.05. The van der Waals surface area contributed by atoms with Crippen LogP contribution in [-0.4, -0.2) is 53.3 Å². The Kier molecular flexibility index (Phi) is 6.11. The SMILES string of the molecule is C=CC(=O)N1CCCC1(C)C(=O)NCC1=CCN(Cc2ccccc2)CC1. The van der Waals surface area contributed by atoms with Gasteiger partial charge in [0.05, 0.1) is 0 Å². The van der Waals surface area contributed by atoms with Crippen LogP contribution in [0.5, 0.6) is 0 Å². The molecule has 5 heteroatoms. The Balaban J connectivity index is 1.51. The van der Waals surface area contributed by atoms with Crippen molar-refractivity contribution in [3.63, 3.8) is 0 Å². The predicted octanol–water partition coefficient (Wildman–Crippen LogP) is 2.50. The van der Waals surface area contributed by atoms with Crippen molar-refractivity contribution in [3.05, 3.63) is 60.2 Å². The summed E-state index contributed by atoms with van der Waals surface area (Å²) in [7, 11) is 0. The number of likely N-dealkylation sites (tertiary alicyclic amines) is 1. The van der Waals surface area contributed by atoms with Gasteiger partial charge in [0.2, 0.25) is 11.8 Å². The topological polar surface area (TPSA) is 52.7 Å². The van der Waals surface area contributed by atoms with Crippen LogP contribution >= 0.6 is 0 Å². The Morgan fingerprint density at radius 3 is 2.70 bits per heavy atom. The van der Waals surface area contributed by atoms with Gasteiger partial charge in [-0.05, 0) is 37.8 Å². The zero-order chi connectivity index (χ0) is 19.3. The van der Waals surface area contributed by atoms with Gasteiger partial charge in [0.25, 0.3) is 0 Å². The van der Waals surface area contributed by atoms with Crippen molar-refractivity contribution >= 4 is 11.8 Å². The first-order valence-electron chi connectivity index (χ1n) is 9.69. The minimum Gasteiger partial charge on any atom is -0.350 e. The molecule has 0 bridgehead atoms. The lowest BCUT2D eigenvalue weighted by atomic mass is 9.97. The fraction of sp³-hybridized carbons (Fsp3) is 0.455. The highest BCUT2D eigenvalue weighted by atomic mass is 16.2. The molecule has 5 nitrogen and oxygen atoms in total. The predicted molar refractivity (Wildman–Crippen MR) is 107 cm³/mol. The Bertz CT molecular complexity index is 728. The third-order valence-electron chi connectivity index (χ3n) is 5.68. The molecule has 1 aromatic rings. The third-order valence-corrected chi connectivity index (χ3v) is 5.68. The van der Waals surface area contributed by atoms with Crippen molar-refractivity contribution in [2.75, 3.05) is 26.2 Å². The number of amides is 2. The van der Waals surface area contributed by atoms with E-state index in [-0.39, 0.29) is 11.8 Å². The van der Waals surface area contributed by atoms with Crippen LogP contribution in [0.3, 0.4) is 0 Å². The largest absolute Gasteiger partial charge is 0.350 e. The fourth-order valence-electron chi connectivity index (χ4n) is 3.95. The highest BCUT2D eigenvalue weighted by Gasteiger charge is 2.44. The maximum atomic E-state index is 12.8. The number of benzene rings is 1. The van der Waals surface area contributed by atoms with Crippen LogP contribution < -0.4 is 5.32 Å². The average Bonchev–Trinajstić information content (AvgIpc) is 3.10. The average molecular weight is 367 g/mol. The van der Waals surface area contributed by atoms with Crippen molar-refractivity contribution in [3.8, 4) is 0 Å². The van der Waals surface area contributed by atoms with Gasteiger partial charge in [-0.3, -0.25) is 14.5 Å². The van der Waals surface area contributed by atoms with E-state index in [4.69, 9.17) is 0 Å². The molecule has 0 aromatic heterocycles. The molecule has 0 saturated carbocycles. The van der Waals surface area contributed by atoms with Crippen LogP contribution in [0.1, 0.15) is 31.7 Å². The molecule has 1 saturated heterocycles. The first-order chi connectivity index (χ1) is 13.0. The maximum Gasteiger partial charge on any atom is 0.246 e. The van der Waals surface area contributed by atoms with E-state index in [9.17, 15) is 9.59 Å². The molecule has 27 heavy (non-hydrogen) atoms. The highest BCUT2D eigenvalue weighted by molar-refractivity contribution is 5.95. The zero-order valence-corrected chi connectivity index (χ0v) is 16.1.